The van der Waals surface area contributed by atoms with Crippen molar-refractivity contribution in [2.24, 2.45) is 5.41 Å². The summed E-state index contributed by atoms with van der Waals surface area (Å²) in [5.74, 6) is 0. The third-order valence-electron chi connectivity index (χ3n) is 3.26. The van der Waals surface area contributed by atoms with Crippen molar-refractivity contribution in [3.8, 4) is 0 Å². The van der Waals surface area contributed by atoms with E-state index in [1.165, 1.54) is 0 Å². The summed E-state index contributed by atoms with van der Waals surface area (Å²) in [6, 6.07) is 3.36. The maximum absolute atomic E-state index is 12.3. The maximum atomic E-state index is 12.3. The molecule has 0 saturated heterocycles. The van der Waals surface area contributed by atoms with E-state index in [9.17, 15) is 13.5 Å². The predicted octanol–water partition coefficient (Wildman–Crippen LogP) is 2.51. The molecule has 2 N–H and O–H groups in total. The van der Waals surface area contributed by atoms with Crippen LogP contribution in [0, 0.1) is 19.3 Å². The molecule has 4 nitrogen and oxygen atoms in total. The third kappa shape index (κ3) is 4.58. The highest BCUT2D eigenvalue weighted by atomic mass is 32.2. The summed E-state index contributed by atoms with van der Waals surface area (Å²) in [7, 11) is -3.52. The maximum Gasteiger partial charge on any atom is 0.240 e. The van der Waals surface area contributed by atoms with Crippen LogP contribution in [0.15, 0.2) is 17.0 Å². The lowest BCUT2D eigenvalue weighted by Crippen LogP contribution is -2.28. The molecule has 0 fully saturated rings. The fourth-order valence-electron chi connectivity index (χ4n) is 1.97. The summed E-state index contributed by atoms with van der Waals surface area (Å²) in [5.41, 5.74) is 2.33. The van der Waals surface area contributed by atoms with E-state index in [0.717, 1.165) is 12.0 Å². The zero-order valence-corrected chi connectivity index (χ0v) is 13.8. The first-order chi connectivity index (χ1) is 9.07. The van der Waals surface area contributed by atoms with Gasteiger partial charge in [-0.1, -0.05) is 26.8 Å². The number of nitrogens with one attached hydrogen (secondary N) is 1. The molecular weight excluding hydrogens is 274 g/mol. The molecule has 0 amide bonds. The lowest BCUT2D eigenvalue weighted by atomic mass is 9.93. The minimum atomic E-state index is -3.52. The number of aryl methyl sites for hydroxylation is 2. The van der Waals surface area contributed by atoms with Gasteiger partial charge in [0.1, 0.15) is 0 Å². The third-order valence-corrected chi connectivity index (χ3v) is 4.86. The minimum Gasteiger partial charge on any atom is -0.392 e. The van der Waals surface area contributed by atoms with Gasteiger partial charge in [-0.05, 0) is 48.4 Å². The van der Waals surface area contributed by atoms with Gasteiger partial charge in [0.05, 0.1) is 11.5 Å². The molecule has 0 heterocycles. The Bertz CT molecular complexity index is 572. The van der Waals surface area contributed by atoms with Crippen LogP contribution in [0.2, 0.25) is 0 Å². The molecule has 0 bridgehead atoms. The molecule has 0 atom stereocenters. The van der Waals surface area contributed by atoms with Crippen LogP contribution in [-0.4, -0.2) is 20.1 Å². The number of aliphatic hydroxyl groups excluding tert-OH is 1. The molecular formula is C15H25NO3S. The molecule has 5 heteroatoms. The van der Waals surface area contributed by atoms with Crippen LogP contribution in [0.1, 0.15) is 43.9 Å². The van der Waals surface area contributed by atoms with E-state index < -0.39 is 10.0 Å². The summed E-state index contributed by atoms with van der Waals surface area (Å²) in [6.45, 7) is 10.1. The van der Waals surface area contributed by atoms with Gasteiger partial charge < -0.3 is 5.11 Å². The lowest BCUT2D eigenvalue weighted by Gasteiger charge is -2.18. The van der Waals surface area contributed by atoms with Gasteiger partial charge in [0, 0.05) is 6.54 Å². The zero-order valence-electron chi connectivity index (χ0n) is 12.9. The van der Waals surface area contributed by atoms with E-state index in [4.69, 9.17) is 0 Å². The van der Waals surface area contributed by atoms with Crippen LogP contribution in [0.5, 0.6) is 0 Å². The first kappa shape index (κ1) is 17.1. The zero-order chi connectivity index (χ0) is 15.6. The number of aliphatic hydroxyl groups is 1. The minimum absolute atomic E-state index is 0.0844. The molecule has 0 aromatic heterocycles. The Morgan fingerprint density at radius 3 is 2.25 bits per heavy atom. The number of benzene rings is 1. The van der Waals surface area contributed by atoms with Gasteiger partial charge in [0.15, 0.2) is 0 Å². The second-order valence-corrected chi connectivity index (χ2v) is 8.15. The molecule has 0 saturated carbocycles. The quantitative estimate of drug-likeness (QED) is 0.878. The first-order valence-electron chi connectivity index (χ1n) is 6.77. The van der Waals surface area contributed by atoms with E-state index >= 15 is 0 Å². The summed E-state index contributed by atoms with van der Waals surface area (Å²) in [6.07, 6.45) is 0.768. The fourth-order valence-corrected chi connectivity index (χ4v) is 3.28. The summed E-state index contributed by atoms with van der Waals surface area (Å²) in [4.78, 5) is 0.251. The normalized spacial score (nSPS) is 12.7. The standard InChI is InChI=1S/C15H25NO3S/c1-11-8-12(2)14(9-13(11)10-17)20(18,19)16-7-6-15(3,4)5/h8-9,16-17H,6-7,10H2,1-5H3. The average Bonchev–Trinajstić information content (AvgIpc) is 2.26. The molecule has 1 aromatic carbocycles. The van der Waals surface area contributed by atoms with E-state index in [1.807, 2.05) is 6.92 Å². The van der Waals surface area contributed by atoms with Gasteiger partial charge in [-0.3, -0.25) is 0 Å². The molecule has 0 radical (unpaired) electrons. The molecule has 0 aliphatic rings. The Balaban J connectivity index is 2.98. The van der Waals surface area contributed by atoms with Crippen LogP contribution in [0.4, 0.5) is 0 Å². The fraction of sp³-hybridized carbons (Fsp3) is 0.600. The van der Waals surface area contributed by atoms with E-state index in [2.05, 4.69) is 25.5 Å². The predicted molar refractivity (Wildman–Crippen MR) is 81.1 cm³/mol. The van der Waals surface area contributed by atoms with Crippen molar-refractivity contribution in [2.45, 2.75) is 52.5 Å². The van der Waals surface area contributed by atoms with Gasteiger partial charge in [0.2, 0.25) is 10.0 Å². The second kappa shape index (κ2) is 6.24. The van der Waals surface area contributed by atoms with Gasteiger partial charge in [-0.25, -0.2) is 13.1 Å². The van der Waals surface area contributed by atoms with Crippen molar-refractivity contribution in [3.05, 3.63) is 28.8 Å². The molecule has 0 aliphatic carbocycles. The van der Waals surface area contributed by atoms with Crippen molar-refractivity contribution in [1.82, 2.24) is 4.72 Å². The second-order valence-electron chi connectivity index (χ2n) is 6.41. The van der Waals surface area contributed by atoms with Crippen molar-refractivity contribution >= 4 is 10.0 Å². The Labute approximate surface area is 122 Å². The van der Waals surface area contributed by atoms with Crippen LogP contribution < -0.4 is 4.72 Å². The monoisotopic (exact) mass is 299 g/mol. The number of hydrogen-bond acceptors (Lipinski definition) is 3. The van der Waals surface area contributed by atoms with E-state index in [1.54, 1.807) is 19.1 Å². The van der Waals surface area contributed by atoms with Gasteiger partial charge in [-0.15, -0.1) is 0 Å². The molecule has 1 rings (SSSR count). The van der Waals surface area contributed by atoms with Crippen LogP contribution in [0.3, 0.4) is 0 Å². The molecule has 0 spiro atoms. The number of sulfonamides is 1. The highest BCUT2D eigenvalue weighted by Crippen LogP contribution is 2.22. The van der Waals surface area contributed by atoms with Crippen molar-refractivity contribution in [3.63, 3.8) is 0 Å². The van der Waals surface area contributed by atoms with Gasteiger partial charge >= 0.3 is 0 Å². The topological polar surface area (TPSA) is 66.4 Å². The Morgan fingerprint density at radius 2 is 1.75 bits per heavy atom. The summed E-state index contributed by atoms with van der Waals surface area (Å²) < 4.78 is 27.3. The van der Waals surface area contributed by atoms with Crippen molar-refractivity contribution < 1.29 is 13.5 Å². The molecule has 0 unspecified atom stereocenters. The molecule has 0 aliphatic heterocycles. The number of rotatable bonds is 5. The SMILES string of the molecule is Cc1cc(C)c(S(=O)(=O)NCCC(C)(C)C)cc1CO. The van der Waals surface area contributed by atoms with Crippen LogP contribution in [0.25, 0.3) is 0 Å². The Morgan fingerprint density at radius 1 is 1.15 bits per heavy atom. The molecule has 20 heavy (non-hydrogen) atoms. The van der Waals surface area contributed by atoms with Crippen LogP contribution in [-0.2, 0) is 16.6 Å². The first-order valence-corrected chi connectivity index (χ1v) is 8.26. The average molecular weight is 299 g/mol. The van der Waals surface area contributed by atoms with Crippen LogP contribution >= 0.6 is 0 Å². The summed E-state index contributed by atoms with van der Waals surface area (Å²) in [5, 5.41) is 9.27. The van der Waals surface area contributed by atoms with Gasteiger partial charge in [0.25, 0.3) is 0 Å². The highest BCUT2D eigenvalue weighted by Gasteiger charge is 2.19. The van der Waals surface area contributed by atoms with Gasteiger partial charge in [-0.2, -0.15) is 0 Å². The summed E-state index contributed by atoms with van der Waals surface area (Å²) >= 11 is 0. The van der Waals surface area contributed by atoms with Crippen molar-refractivity contribution in [1.29, 1.82) is 0 Å². The smallest absolute Gasteiger partial charge is 0.240 e. The van der Waals surface area contributed by atoms with E-state index in [-0.39, 0.29) is 16.9 Å². The number of hydrogen-bond donors (Lipinski definition) is 2. The molecule has 114 valence electrons. The van der Waals surface area contributed by atoms with E-state index in [0.29, 0.717) is 17.7 Å². The lowest BCUT2D eigenvalue weighted by molar-refractivity contribution is 0.280. The van der Waals surface area contributed by atoms with Crippen molar-refractivity contribution in [2.75, 3.05) is 6.54 Å². The Kier molecular flexibility index (Phi) is 5.35. The Hall–Kier alpha value is -0.910. The molecule has 1 aromatic rings. The largest absolute Gasteiger partial charge is 0.392 e. The highest BCUT2D eigenvalue weighted by molar-refractivity contribution is 7.89.